The molecule has 3 N–H and O–H groups in total. The molecule has 0 bridgehead atoms. The molecule has 3 aromatic carbocycles. The molecule has 0 saturated heterocycles. The van der Waals surface area contributed by atoms with Crippen LogP contribution in [0.2, 0.25) is 0 Å². The fraction of sp³-hybridized carbons (Fsp3) is 0.235. The third kappa shape index (κ3) is 3.67. The average Bonchev–Trinajstić information content (AvgIpc) is 3.60. The van der Waals surface area contributed by atoms with E-state index in [-0.39, 0.29) is 17.9 Å². The van der Waals surface area contributed by atoms with Crippen LogP contribution in [0.1, 0.15) is 37.1 Å². The van der Waals surface area contributed by atoms with E-state index in [1.54, 1.807) is 0 Å². The van der Waals surface area contributed by atoms with E-state index in [1.807, 2.05) is 72.9 Å². The molecule has 0 saturated carbocycles. The highest BCUT2D eigenvalue weighted by atomic mass is 16.2. The van der Waals surface area contributed by atoms with E-state index in [0.717, 1.165) is 63.7 Å². The maximum Gasteiger partial charge on any atom is 0.259 e. The van der Waals surface area contributed by atoms with Crippen molar-refractivity contribution in [2.45, 2.75) is 39.3 Å². The molecule has 4 heterocycles. The van der Waals surface area contributed by atoms with Gasteiger partial charge in [-0.2, -0.15) is 0 Å². The molecule has 6 heteroatoms. The first kappa shape index (κ1) is 24.6. The Labute approximate surface area is 233 Å². The lowest BCUT2D eigenvalue weighted by molar-refractivity contribution is -0.122. The number of aryl methyl sites for hydroxylation is 1. The molecule has 2 aliphatic rings. The van der Waals surface area contributed by atoms with Gasteiger partial charge in [-0.25, -0.2) is 0 Å². The standard InChI is InChI=1S/C34H32N4O2/c1-20(2)32(35)21-16-17-37-27-15-9-7-13-24(27)29(28(37)18-21)31-30(33(39)36-34(31)40)25-19-38(22-10-4-3-5-11-22)26-14-8-6-12-23(25)26/h3-15,19-21,32H,16-18,35H2,1-2H3,(H,36,39,40). The minimum absolute atomic E-state index is 0.0657. The van der Waals surface area contributed by atoms with E-state index in [9.17, 15) is 9.59 Å². The van der Waals surface area contributed by atoms with Gasteiger partial charge in [-0.05, 0) is 48.9 Å². The second-order valence-corrected chi connectivity index (χ2v) is 11.4. The Morgan fingerprint density at radius 1 is 0.825 bits per heavy atom. The van der Waals surface area contributed by atoms with Crippen LogP contribution in [-0.2, 0) is 22.6 Å². The lowest BCUT2D eigenvalue weighted by atomic mass is 9.82. The minimum Gasteiger partial charge on any atom is -0.344 e. The van der Waals surface area contributed by atoms with Crippen molar-refractivity contribution >= 4 is 44.8 Å². The molecular formula is C34H32N4O2. The van der Waals surface area contributed by atoms with E-state index >= 15 is 0 Å². The summed E-state index contributed by atoms with van der Waals surface area (Å²) < 4.78 is 4.43. The maximum absolute atomic E-state index is 13.7. The van der Waals surface area contributed by atoms with E-state index < -0.39 is 0 Å². The van der Waals surface area contributed by atoms with Gasteiger partial charge in [0.05, 0.1) is 16.7 Å². The molecule has 200 valence electrons. The monoisotopic (exact) mass is 528 g/mol. The molecule has 2 unspecified atom stereocenters. The third-order valence-corrected chi connectivity index (χ3v) is 8.77. The van der Waals surface area contributed by atoms with Gasteiger partial charge in [0.25, 0.3) is 11.8 Å². The van der Waals surface area contributed by atoms with Gasteiger partial charge in [-0.15, -0.1) is 0 Å². The van der Waals surface area contributed by atoms with Gasteiger partial charge in [0.15, 0.2) is 0 Å². The first-order chi connectivity index (χ1) is 19.4. The number of nitrogens with zero attached hydrogens (tertiary/aromatic N) is 2. The van der Waals surface area contributed by atoms with E-state index in [4.69, 9.17) is 5.73 Å². The third-order valence-electron chi connectivity index (χ3n) is 8.77. The average molecular weight is 529 g/mol. The number of rotatable bonds is 5. The zero-order valence-corrected chi connectivity index (χ0v) is 22.7. The molecule has 0 aliphatic carbocycles. The highest BCUT2D eigenvalue weighted by Gasteiger charge is 2.39. The summed E-state index contributed by atoms with van der Waals surface area (Å²) in [5.74, 6) is -0.0309. The van der Waals surface area contributed by atoms with Crippen molar-refractivity contribution in [1.29, 1.82) is 0 Å². The molecule has 5 aromatic rings. The molecule has 2 aliphatic heterocycles. The highest BCUT2D eigenvalue weighted by Crippen LogP contribution is 2.43. The largest absolute Gasteiger partial charge is 0.344 e. The molecule has 0 fully saturated rings. The number of imide groups is 1. The van der Waals surface area contributed by atoms with E-state index in [1.165, 1.54) is 0 Å². The first-order valence-electron chi connectivity index (χ1n) is 14.1. The van der Waals surface area contributed by atoms with E-state index in [0.29, 0.717) is 23.0 Å². The van der Waals surface area contributed by atoms with Crippen molar-refractivity contribution in [3.8, 4) is 5.69 Å². The van der Waals surface area contributed by atoms with Crippen molar-refractivity contribution in [2.24, 2.45) is 17.6 Å². The van der Waals surface area contributed by atoms with Gasteiger partial charge in [0, 0.05) is 57.6 Å². The Balaban J connectivity index is 1.51. The first-order valence-corrected chi connectivity index (χ1v) is 14.1. The number of hydrogen-bond donors (Lipinski definition) is 2. The Kier molecular flexibility index (Phi) is 5.75. The van der Waals surface area contributed by atoms with Gasteiger partial charge >= 0.3 is 0 Å². The van der Waals surface area contributed by atoms with Gasteiger partial charge in [0.1, 0.15) is 0 Å². The van der Waals surface area contributed by atoms with Crippen molar-refractivity contribution in [1.82, 2.24) is 14.5 Å². The molecule has 6 nitrogen and oxygen atoms in total. The molecule has 2 atom stereocenters. The molecular weight excluding hydrogens is 496 g/mol. The summed E-state index contributed by atoms with van der Waals surface area (Å²) in [6.07, 6.45) is 3.76. The Morgan fingerprint density at radius 2 is 1.48 bits per heavy atom. The quantitative estimate of drug-likeness (QED) is 0.287. The Bertz CT molecular complexity index is 1840. The fourth-order valence-corrected chi connectivity index (χ4v) is 6.75. The summed E-state index contributed by atoms with van der Waals surface area (Å²) in [4.78, 5) is 27.3. The number of nitrogens with one attached hydrogen (secondary N) is 1. The number of aromatic nitrogens is 2. The summed E-state index contributed by atoms with van der Waals surface area (Å²) in [7, 11) is 0. The van der Waals surface area contributed by atoms with Crippen LogP contribution in [0.3, 0.4) is 0 Å². The smallest absolute Gasteiger partial charge is 0.259 e. The number of carbonyl (C=O) groups is 2. The lowest BCUT2D eigenvalue weighted by Gasteiger charge is -2.32. The number of carbonyl (C=O) groups excluding carboxylic acids is 2. The second kappa shape index (κ2) is 9.35. The number of para-hydroxylation sites is 3. The molecule has 0 spiro atoms. The van der Waals surface area contributed by atoms with Crippen molar-refractivity contribution in [3.63, 3.8) is 0 Å². The molecule has 2 amide bonds. The van der Waals surface area contributed by atoms with Gasteiger partial charge in [0.2, 0.25) is 0 Å². The SMILES string of the molecule is CC(C)C(N)C1CCn2c(c(C3=C(c4cn(-c5ccccc5)c5ccccc45)C(=O)NC3=O)c3ccccc32)C1. The predicted octanol–water partition coefficient (Wildman–Crippen LogP) is 5.70. The molecule has 2 aromatic heterocycles. The van der Waals surface area contributed by atoms with Crippen LogP contribution in [0, 0.1) is 11.8 Å². The minimum atomic E-state index is -0.355. The summed E-state index contributed by atoms with van der Waals surface area (Å²) in [5, 5.41) is 4.58. The van der Waals surface area contributed by atoms with Crippen LogP contribution in [0.4, 0.5) is 0 Å². The second-order valence-electron chi connectivity index (χ2n) is 11.4. The van der Waals surface area contributed by atoms with Crippen LogP contribution in [-0.4, -0.2) is 27.0 Å². The number of fused-ring (bicyclic) bond motifs is 4. The van der Waals surface area contributed by atoms with E-state index in [2.05, 4.69) is 40.4 Å². The summed E-state index contributed by atoms with van der Waals surface area (Å²) in [6.45, 7) is 5.18. The van der Waals surface area contributed by atoms with Gasteiger partial charge in [-0.3, -0.25) is 14.9 Å². The zero-order chi connectivity index (χ0) is 27.5. The molecule has 40 heavy (non-hydrogen) atoms. The Hall–Kier alpha value is -4.42. The summed E-state index contributed by atoms with van der Waals surface area (Å²) in [6, 6.07) is 26.4. The van der Waals surface area contributed by atoms with Gasteiger partial charge < -0.3 is 14.9 Å². The summed E-state index contributed by atoms with van der Waals surface area (Å²) in [5.41, 5.74) is 13.4. The van der Waals surface area contributed by atoms with Crippen LogP contribution in [0.15, 0.2) is 85.1 Å². The van der Waals surface area contributed by atoms with Crippen LogP contribution >= 0.6 is 0 Å². The van der Waals surface area contributed by atoms with Crippen LogP contribution in [0.5, 0.6) is 0 Å². The molecule has 0 radical (unpaired) electrons. The van der Waals surface area contributed by atoms with Crippen LogP contribution in [0.25, 0.3) is 38.6 Å². The van der Waals surface area contributed by atoms with Crippen molar-refractivity contribution < 1.29 is 9.59 Å². The fourth-order valence-electron chi connectivity index (χ4n) is 6.75. The summed E-state index contributed by atoms with van der Waals surface area (Å²) >= 11 is 0. The van der Waals surface area contributed by atoms with Gasteiger partial charge in [-0.1, -0.05) is 68.4 Å². The van der Waals surface area contributed by atoms with Crippen molar-refractivity contribution in [3.05, 3.63) is 102 Å². The maximum atomic E-state index is 13.7. The number of benzene rings is 3. The number of hydrogen-bond acceptors (Lipinski definition) is 3. The number of nitrogens with two attached hydrogens (primary N) is 1. The highest BCUT2D eigenvalue weighted by molar-refractivity contribution is 6.51. The normalized spacial score (nSPS) is 18.1. The lowest BCUT2D eigenvalue weighted by Crippen LogP contribution is -2.39. The topological polar surface area (TPSA) is 82.0 Å². The van der Waals surface area contributed by atoms with Crippen LogP contribution < -0.4 is 11.1 Å². The zero-order valence-electron chi connectivity index (χ0n) is 22.7. The Morgan fingerprint density at radius 3 is 2.23 bits per heavy atom. The molecule has 7 rings (SSSR count). The number of amides is 2. The predicted molar refractivity (Wildman–Crippen MR) is 160 cm³/mol. The van der Waals surface area contributed by atoms with Crippen molar-refractivity contribution in [2.75, 3.05) is 0 Å².